The molecule has 456 valence electrons. The first-order valence-corrected chi connectivity index (χ1v) is 155. The predicted octanol–water partition coefficient (Wildman–Crippen LogP) is 45.1. The lowest BCUT2D eigenvalue weighted by Gasteiger charge is -2.62. The summed E-state index contributed by atoms with van der Waals surface area (Å²) in [5, 5.41) is 0. The van der Waals surface area contributed by atoms with Crippen molar-refractivity contribution in [1.29, 1.82) is 0 Å². The molecular weight excluding hydrogens is 2350 g/mol. The molecule has 2 radical (unpaired) electrons. The molecule has 0 aromatic carbocycles. The molecule has 0 fully saturated rings. The Hall–Kier alpha value is 32.7. The second-order valence-corrected chi connectivity index (χ2v) is 325. The third kappa shape index (κ3) is 38.2. The minimum absolute atomic E-state index is 0.298. The number of hydrogen-bond acceptors (Lipinski definition) is 0. The van der Waals surface area contributed by atoms with E-state index in [2.05, 4.69) is 348 Å². The third-order valence-electron chi connectivity index (χ3n) is 6.67. The fourth-order valence-corrected chi connectivity index (χ4v) is 1110. The molecule has 0 nitrogen and oxygen atoms in total. The molecule has 0 heterocycles. The fourth-order valence-electron chi connectivity index (χ4n) is 4.55. The normalized spacial score (nSPS) is 16.1. The second kappa shape index (κ2) is 59.4. The molecule has 0 bridgehead atoms. The van der Waals surface area contributed by atoms with E-state index in [0.717, 1.165) is 0 Å². The summed E-state index contributed by atoms with van der Waals surface area (Å²) in [5.74, 6) is 0. The van der Waals surface area contributed by atoms with E-state index in [1.165, 1.54) is 0 Å². The van der Waals surface area contributed by atoms with E-state index in [1.54, 1.807) is 0 Å². The Kier molecular flexibility index (Phi) is 84.9. The van der Waals surface area contributed by atoms with Gasteiger partial charge in [-0.15, -0.1) is 330 Å². The van der Waals surface area contributed by atoms with Gasteiger partial charge in [-0.3, -0.25) is 0 Å². The van der Waals surface area contributed by atoms with Crippen LogP contribution in [-0.4, -0.2) is 0 Å². The van der Waals surface area contributed by atoms with Crippen molar-refractivity contribution < 1.29 is 0 Å². The molecular formula is H76P76. The molecule has 0 N–H and O–H groups in total. The highest BCUT2D eigenvalue weighted by Gasteiger charge is 2.64. The highest BCUT2D eigenvalue weighted by Crippen LogP contribution is 3.51. The van der Waals surface area contributed by atoms with E-state index in [4.69, 9.17) is 0 Å². The Morgan fingerprint density at radius 2 is 0.197 bits per heavy atom. The van der Waals surface area contributed by atoms with Gasteiger partial charge in [-0.2, -0.15) is 0 Å². The standard InChI is InChI=1S/H76P76/c1-40(2)59(39)69(60(41(3)4)42(5)6)74(70(61(43(7)8)44(9)10)62(45(11)12)46(13)14)76(73(67(55(31)32)56(33)34)68(57(35)36)58(37)38)75(71(63(47(15)16)48(17)18)64(49(19)20)50(21)22)72(65(51(23)24)52(25)26)66(53(27)28)54(29)30/h1-2H,3-39H2. The van der Waals surface area contributed by atoms with Crippen LogP contribution in [0.25, 0.3) is 0 Å². The summed E-state index contributed by atoms with van der Waals surface area (Å²) in [7, 11) is 145. The Morgan fingerprint density at radius 1 is 0.118 bits per heavy atom. The van der Waals surface area contributed by atoms with E-state index in [1.807, 2.05) is 0 Å². The van der Waals surface area contributed by atoms with Gasteiger partial charge in [-0.05, 0) is 259 Å². The van der Waals surface area contributed by atoms with Gasteiger partial charge in [0.1, 0.15) is 0 Å². The van der Waals surface area contributed by atoms with Gasteiger partial charge in [-0.1, -0.05) is 17.9 Å². The van der Waals surface area contributed by atoms with Crippen molar-refractivity contribution in [3.8, 4) is 0 Å². The highest BCUT2D eigenvalue weighted by atomic mass is 33.6. The molecule has 41 unspecified atom stereocenters. The van der Waals surface area contributed by atoms with E-state index < -0.39 is 41.9 Å². The first kappa shape index (κ1) is 109. The summed E-state index contributed by atoms with van der Waals surface area (Å²) in [6.45, 7) is -13.0. The average molecular weight is 2430 g/mol. The smallest absolute Gasteiger partial charge is 0.00000613 e. The molecule has 76 heavy (non-hydrogen) atoms. The molecule has 76 heteroatoms. The zero-order valence-electron chi connectivity index (χ0n) is 38.9. The predicted molar refractivity (Wildman–Crippen MR) is 632 cm³/mol. The van der Waals surface area contributed by atoms with Crippen molar-refractivity contribution in [2.75, 3.05) is 0 Å². The van der Waals surface area contributed by atoms with Gasteiger partial charge in [0.15, 0.2) is 0 Å². The third-order valence-corrected chi connectivity index (χ3v) is 540. The molecule has 0 aliphatic rings. The van der Waals surface area contributed by atoms with Gasteiger partial charge in [0.2, 0.25) is 0 Å². The quantitative estimate of drug-likeness (QED) is 0.0549. The van der Waals surface area contributed by atoms with Gasteiger partial charge in [0, 0.05) is 0 Å². The summed E-state index contributed by atoms with van der Waals surface area (Å²) in [6, 6.07) is 0. The van der Waals surface area contributed by atoms with Crippen LogP contribution in [0, 0.1) is 0 Å². The molecule has 0 rings (SSSR count). The van der Waals surface area contributed by atoms with Gasteiger partial charge in [0.25, 0.3) is 0 Å². The monoisotopic (exact) mass is 2430 g/mol. The lowest BCUT2D eigenvalue weighted by molar-refractivity contribution is 4.31. The van der Waals surface area contributed by atoms with Crippen LogP contribution in [0.1, 0.15) is 0 Å². The molecule has 0 saturated carbocycles. The van der Waals surface area contributed by atoms with Crippen LogP contribution >= 0.6 is 607 Å². The second-order valence-electron chi connectivity index (χ2n) is 12.0. The number of hydrogen-bond donors (Lipinski definition) is 0. The summed E-state index contributed by atoms with van der Waals surface area (Å²) >= 11 is 0. The van der Waals surface area contributed by atoms with Crippen molar-refractivity contribution in [3.05, 3.63) is 0 Å². The van der Waals surface area contributed by atoms with Crippen LogP contribution in [0.2, 0.25) is 0 Å². The lowest BCUT2D eigenvalue weighted by Crippen LogP contribution is -1.75. The van der Waals surface area contributed by atoms with Crippen molar-refractivity contribution in [1.82, 2.24) is 0 Å². The largest absolute Gasteiger partial charge is 0.102 e. The average Bonchev–Trinajstić information content (AvgIpc) is 3.19. The Bertz CT molecular complexity index is 1270. The van der Waals surface area contributed by atoms with Gasteiger partial charge in [0.05, 0.1) is 0 Å². The minimum atomic E-state index is -0.541. The van der Waals surface area contributed by atoms with Gasteiger partial charge >= 0.3 is 0 Å². The highest BCUT2D eigenvalue weighted by molar-refractivity contribution is 9.57. The maximum absolute atomic E-state index is 4.68. The molecule has 0 saturated heterocycles. The first-order valence-electron chi connectivity index (χ1n) is 17.2. The van der Waals surface area contributed by atoms with Crippen LogP contribution in [0.15, 0.2) is 0 Å². The van der Waals surface area contributed by atoms with E-state index >= 15 is 0 Å². The zero-order valence-corrected chi connectivity index (χ0v) is 117. The topological polar surface area (TPSA) is 0 Å². The summed E-state index contributed by atoms with van der Waals surface area (Å²) in [4.78, 5) is 0. The Balaban J connectivity index is 12.3. The molecule has 0 aromatic rings. The fraction of sp³-hybridized carbons (Fsp3) is 0. The van der Waals surface area contributed by atoms with Crippen LogP contribution in [0.5, 0.6) is 0 Å². The lowest BCUT2D eigenvalue weighted by atomic mass is 28.4. The number of rotatable bonds is 36. The maximum atomic E-state index is 4.68. The summed E-state index contributed by atoms with van der Waals surface area (Å²) < 4.78 is 0. The first-order chi connectivity index (χ1) is 34.5. The molecule has 0 amide bonds. The molecule has 0 aromatic heterocycles. The molecule has 0 aliphatic heterocycles. The van der Waals surface area contributed by atoms with Gasteiger partial charge in [-0.25, -0.2) is 0 Å². The summed E-state index contributed by atoms with van der Waals surface area (Å²) in [6.07, 6.45) is 0. The van der Waals surface area contributed by atoms with Crippen LogP contribution in [-0.2, 0) is 0 Å². The SMILES string of the molecule is [PH]P([PH])P(P)P(P(P(P)P)P(P)P)P(P(P(P(P)P)P(P)P)P(P(P)P)P(P)P)P(P(P(P(P)P)P(P)P)P(P(P)P)P(P)P)P(P(P(P(P)P)P(P)P)P(P(P)P)P(P)P)P(P(P(P)P)P(P)P)P(P(P)P)P(P)P. The van der Waals surface area contributed by atoms with Crippen LogP contribution in [0.3, 0.4) is 0 Å². The molecule has 0 aliphatic carbocycles. The van der Waals surface area contributed by atoms with Crippen molar-refractivity contribution in [3.63, 3.8) is 0 Å². The van der Waals surface area contributed by atoms with E-state index in [0.29, 0.717) is 0 Å². The summed E-state index contributed by atoms with van der Waals surface area (Å²) in [5.41, 5.74) is 0. The zero-order chi connectivity index (χ0) is 60.4. The van der Waals surface area contributed by atoms with Crippen LogP contribution in [0.4, 0.5) is 0 Å². The van der Waals surface area contributed by atoms with E-state index in [9.17, 15) is 0 Å². The minimum Gasteiger partial charge on any atom is -0.102 e. The van der Waals surface area contributed by atoms with Crippen molar-refractivity contribution in [2.45, 2.75) is 0 Å². The van der Waals surface area contributed by atoms with Gasteiger partial charge < -0.3 is 0 Å². The van der Waals surface area contributed by atoms with E-state index in [-0.39, 0.29) is 217 Å². The molecule has 41 atom stereocenters. The maximum Gasteiger partial charge on any atom is -0.00000613 e. The Labute approximate surface area is 597 Å². The Morgan fingerprint density at radius 3 is 0.289 bits per heavy atom. The molecule has 0 spiro atoms. The van der Waals surface area contributed by atoms with Crippen molar-refractivity contribution >= 4 is 607 Å². The van der Waals surface area contributed by atoms with Crippen molar-refractivity contribution in [2.24, 2.45) is 0 Å². The van der Waals surface area contributed by atoms with Crippen LogP contribution < -0.4 is 0 Å².